The molecule has 0 radical (unpaired) electrons. The second kappa shape index (κ2) is 5.24. The Hall–Kier alpha value is -0.930. The maximum Gasteiger partial charge on any atom is 0.0693 e. The summed E-state index contributed by atoms with van der Waals surface area (Å²) in [4.78, 5) is 3.98. The van der Waals surface area contributed by atoms with E-state index in [-0.39, 0.29) is 6.10 Å². The maximum absolute atomic E-state index is 9.61. The summed E-state index contributed by atoms with van der Waals surface area (Å²) in [5, 5.41) is 13.0. The van der Waals surface area contributed by atoms with Crippen molar-refractivity contribution in [1.29, 1.82) is 0 Å². The third kappa shape index (κ3) is 3.01. The van der Waals surface area contributed by atoms with Gasteiger partial charge >= 0.3 is 0 Å². The highest BCUT2D eigenvalue weighted by Gasteiger charge is 2.23. The molecule has 1 aliphatic rings. The van der Waals surface area contributed by atoms with Crippen LogP contribution in [-0.2, 0) is 6.42 Å². The average molecular weight is 206 g/mol. The van der Waals surface area contributed by atoms with Crippen LogP contribution in [0.1, 0.15) is 24.8 Å². The SMILES string of the molecule is O[C@@H]1CCC[C@H]1NCCc1ccncc1. The first-order valence-electron chi connectivity index (χ1n) is 5.66. The van der Waals surface area contributed by atoms with Crippen LogP contribution in [0.25, 0.3) is 0 Å². The van der Waals surface area contributed by atoms with Gasteiger partial charge in [0.25, 0.3) is 0 Å². The molecule has 2 atom stereocenters. The lowest BCUT2D eigenvalue weighted by Gasteiger charge is -2.16. The molecule has 1 fully saturated rings. The molecule has 0 spiro atoms. The van der Waals surface area contributed by atoms with E-state index in [2.05, 4.69) is 10.3 Å². The van der Waals surface area contributed by atoms with E-state index in [4.69, 9.17) is 0 Å². The van der Waals surface area contributed by atoms with Gasteiger partial charge in [-0.25, -0.2) is 0 Å². The second-order valence-electron chi connectivity index (χ2n) is 4.16. The van der Waals surface area contributed by atoms with Crippen molar-refractivity contribution in [2.45, 2.75) is 37.8 Å². The Balaban J connectivity index is 1.71. The van der Waals surface area contributed by atoms with Gasteiger partial charge in [-0.1, -0.05) is 0 Å². The molecule has 0 aliphatic heterocycles. The summed E-state index contributed by atoms with van der Waals surface area (Å²) < 4.78 is 0. The fourth-order valence-electron chi connectivity index (χ4n) is 2.13. The quantitative estimate of drug-likeness (QED) is 0.776. The summed E-state index contributed by atoms with van der Waals surface area (Å²) in [5.74, 6) is 0. The molecule has 3 nitrogen and oxygen atoms in total. The van der Waals surface area contributed by atoms with Crippen LogP contribution < -0.4 is 5.32 Å². The summed E-state index contributed by atoms with van der Waals surface area (Å²) in [6.07, 6.45) is 7.71. The highest BCUT2D eigenvalue weighted by atomic mass is 16.3. The number of rotatable bonds is 4. The van der Waals surface area contributed by atoms with Crippen LogP contribution in [0.4, 0.5) is 0 Å². The van der Waals surface area contributed by atoms with Crippen LogP contribution in [0.2, 0.25) is 0 Å². The highest BCUT2D eigenvalue weighted by Crippen LogP contribution is 2.18. The number of pyridine rings is 1. The second-order valence-corrected chi connectivity index (χ2v) is 4.16. The summed E-state index contributed by atoms with van der Waals surface area (Å²) in [5.41, 5.74) is 1.30. The van der Waals surface area contributed by atoms with Crippen molar-refractivity contribution < 1.29 is 5.11 Å². The Morgan fingerprint density at radius 3 is 2.80 bits per heavy atom. The third-order valence-electron chi connectivity index (χ3n) is 3.05. The summed E-state index contributed by atoms with van der Waals surface area (Å²) in [6.45, 7) is 0.936. The largest absolute Gasteiger partial charge is 0.392 e. The van der Waals surface area contributed by atoms with Crippen molar-refractivity contribution in [2.24, 2.45) is 0 Å². The lowest BCUT2D eigenvalue weighted by Crippen LogP contribution is -2.36. The Morgan fingerprint density at radius 1 is 1.33 bits per heavy atom. The zero-order valence-electron chi connectivity index (χ0n) is 8.89. The topological polar surface area (TPSA) is 45.1 Å². The van der Waals surface area contributed by atoms with Crippen LogP contribution in [0.5, 0.6) is 0 Å². The van der Waals surface area contributed by atoms with Gasteiger partial charge in [-0.15, -0.1) is 0 Å². The Bertz CT molecular complexity index is 289. The minimum absolute atomic E-state index is 0.137. The van der Waals surface area contributed by atoms with Gasteiger partial charge in [0, 0.05) is 18.4 Å². The minimum Gasteiger partial charge on any atom is -0.392 e. The molecule has 1 saturated carbocycles. The van der Waals surface area contributed by atoms with E-state index < -0.39 is 0 Å². The number of nitrogens with zero attached hydrogens (tertiary/aromatic N) is 1. The fraction of sp³-hybridized carbons (Fsp3) is 0.583. The van der Waals surface area contributed by atoms with Gasteiger partial charge in [-0.2, -0.15) is 0 Å². The van der Waals surface area contributed by atoms with Crippen LogP contribution in [-0.4, -0.2) is 28.8 Å². The molecule has 1 aliphatic carbocycles. The minimum atomic E-state index is -0.137. The fourth-order valence-corrected chi connectivity index (χ4v) is 2.13. The molecule has 2 N–H and O–H groups in total. The van der Waals surface area contributed by atoms with E-state index in [1.165, 1.54) is 5.56 Å². The van der Waals surface area contributed by atoms with Crippen molar-refractivity contribution in [2.75, 3.05) is 6.54 Å². The van der Waals surface area contributed by atoms with Crippen molar-refractivity contribution in [3.05, 3.63) is 30.1 Å². The van der Waals surface area contributed by atoms with Crippen molar-refractivity contribution >= 4 is 0 Å². The molecule has 82 valence electrons. The van der Waals surface area contributed by atoms with Gasteiger partial charge in [-0.05, 0) is 49.9 Å². The molecule has 2 rings (SSSR count). The van der Waals surface area contributed by atoms with Crippen LogP contribution in [0.3, 0.4) is 0 Å². The smallest absolute Gasteiger partial charge is 0.0693 e. The van der Waals surface area contributed by atoms with Crippen molar-refractivity contribution in [3.63, 3.8) is 0 Å². The van der Waals surface area contributed by atoms with E-state index in [1.54, 1.807) is 0 Å². The lowest BCUT2D eigenvalue weighted by molar-refractivity contribution is 0.149. The third-order valence-corrected chi connectivity index (χ3v) is 3.05. The standard InChI is InChI=1S/C12H18N2O/c15-12-3-1-2-11(12)14-9-6-10-4-7-13-8-5-10/h4-5,7-8,11-12,14-15H,1-3,6,9H2/t11-,12-/m1/s1. The molecule has 15 heavy (non-hydrogen) atoms. The van der Waals surface area contributed by atoms with Gasteiger partial charge in [0.05, 0.1) is 6.10 Å². The van der Waals surface area contributed by atoms with Crippen molar-refractivity contribution in [3.8, 4) is 0 Å². The molecule has 1 aromatic heterocycles. The van der Waals surface area contributed by atoms with E-state index in [0.29, 0.717) is 6.04 Å². The van der Waals surface area contributed by atoms with Crippen LogP contribution in [0, 0.1) is 0 Å². The Morgan fingerprint density at radius 2 is 2.13 bits per heavy atom. The first-order valence-corrected chi connectivity index (χ1v) is 5.66. The molecule has 0 unspecified atom stereocenters. The molecule has 0 bridgehead atoms. The number of aliphatic hydroxyl groups is 1. The molecule has 3 heteroatoms. The van der Waals surface area contributed by atoms with E-state index >= 15 is 0 Å². The van der Waals surface area contributed by atoms with Gasteiger partial charge in [0.15, 0.2) is 0 Å². The molecular formula is C12H18N2O. The number of aliphatic hydroxyl groups excluding tert-OH is 1. The summed E-state index contributed by atoms with van der Waals surface area (Å²) >= 11 is 0. The molecule has 0 aromatic carbocycles. The lowest BCUT2D eigenvalue weighted by atomic mass is 10.1. The number of hydrogen-bond acceptors (Lipinski definition) is 3. The molecular weight excluding hydrogens is 188 g/mol. The summed E-state index contributed by atoms with van der Waals surface area (Å²) in [7, 11) is 0. The van der Waals surface area contributed by atoms with E-state index in [9.17, 15) is 5.11 Å². The maximum atomic E-state index is 9.61. The summed E-state index contributed by atoms with van der Waals surface area (Å²) in [6, 6.07) is 4.38. The average Bonchev–Trinajstić information content (AvgIpc) is 2.66. The zero-order valence-corrected chi connectivity index (χ0v) is 8.89. The van der Waals surface area contributed by atoms with Crippen LogP contribution in [0.15, 0.2) is 24.5 Å². The first kappa shape index (κ1) is 10.6. The molecule has 0 saturated heterocycles. The monoisotopic (exact) mass is 206 g/mol. The zero-order chi connectivity index (χ0) is 10.5. The number of aromatic nitrogens is 1. The van der Waals surface area contributed by atoms with E-state index in [0.717, 1.165) is 32.2 Å². The Kier molecular flexibility index (Phi) is 3.69. The molecule has 0 amide bonds. The van der Waals surface area contributed by atoms with Gasteiger partial charge < -0.3 is 10.4 Å². The van der Waals surface area contributed by atoms with Gasteiger partial charge in [0.2, 0.25) is 0 Å². The first-order chi connectivity index (χ1) is 7.36. The van der Waals surface area contributed by atoms with Gasteiger partial charge in [0.1, 0.15) is 0 Å². The van der Waals surface area contributed by atoms with Crippen LogP contribution >= 0.6 is 0 Å². The van der Waals surface area contributed by atoms with Crippen molar-refractivity contribution in [1.82, 2.24) is 10.3 Å². The predicted octanol–water partition coefficient (Wildman–Crippen LogP) is 1.13. The normalized spacial score (nSPS) is 25.7. The number of hydrogen-bond donors (Lipinski definition) is 2. The number of nitrogens with one attached hydrogen (secondary N) is 1. The highest BCUT2D eigenvalue weighted by molar-refractivity contribution is 5.09. The predicted molar refractivity (Wildman–Crippen MR) is 59.6 cm³/mol. The van der Waals surface area contributed by atoms with E-state index in [1.807, 2.05) is 24.5 Å². The van der Waals surface area contributed by atoms with Gasteiger partial charge in [-0.3, -0.25) is 4.98 Å². The molecule has 1 aromatic rings. The Labute approximate surface area is 90.5 Å². The molecule has 1 heterocycles.